The summed E-state index contributed by atoms with van der Waals surface area (Å²) in [6.45, 7) is 11.3. The lowest BCUT2D eigenvalue weighted by molar-refractivity contribution is 0.122. The van der Waals surface area contributed by atoms with Crippen molar-refractivity contribution in [3.05, 3.63) is 29.2 Å². The fourth-order valence-electron chi connectivity index (χ4n) is 3.22. The van der Waals surface area contributed by atoms with Gasteiger partial charge in [-0.1, -0.05) is 6.92 Å². The Morgan fingerprint density at radius 1 is 1.15 bits per heavy atom. The van der Waals surface area contributed by atoms with Crippen LogP contribution in [0.4, 0.5) is 11.8 Å². The molecule has 0 aromatic carbocycles. The average molecular weight is 358 g/mol. The highest BCUT2D eigenvalue weighted by atomic mass is 16.5. The van der Waals surface area contributed by atoms with E-state index in [1.165, 1.54) is 5.69 Å². The molecule has 26 heavy (non-hydrogen) atoms. The van der Waals surface area contributed by atoms with E-state index >= 15 is 0 Å². The van der Waals surface area contributed by atoms with Crippen molar-refractivity contribution in [1.29, 1.82) is 0 Å². The van der Waals surface area contributed by atoms with Gasteiger partial charge in [0.05, 0.1) is 18.9 Å². The number of aromatic nitrogens is 4. The van der Waals surface area contributed by atoms with Gasteiger partial charge in [-0.3, -0.25) is 4.68 Å². The molecular formula is C19H30N6O. The Balaban J connectivity index is 1.65. The number of aryl methyl sites for hydroxylation is 4. The number of hydrogen-bond donors (Lipinski definition) is 0. The molecule has 3 heterocycles. The fourth-order valence-corrected chi connectivity index (χ4v) is 3.22. The minimum Gasteiger partial charge on any atom is -0.378 e. The van der Waals surface area contributed by atoms with Crippen molar-refractivity contribution in [1.82, 2.24) is 19.7 Å². The molecule has 0 amide bonds. The number of anilines is 2. The fraction of sp³-hybridized carbons (Fsp3) is 0.632. The molecule has 1 fully saturated rings. The maximum atomic E-state index is 5.45. The highest BCUT2D eigenvalue weighted by molar-refractivity contribution is 5.45. The Morgan fingerprint density at radius 3 is 2.58 bits per heavy atom. The molecule has 1 aliphatic heterocycles. The van der Waals surface area contributed by atoms with Gasteiger partial charge < -0.3 is 14.5 Å². The van der Waals surface area contributed by atoms with Crippen LogP contribution in [0, 0.1) is 13.8 Å². The van der Waals surface area contributed by atoms with Gasteiger partial charge >= 0.3 is 0 Å². The normalized spacial score (nSPS) is 14.7. The second kappa shape index (κ2) is 8.49. The minimum atomic E-state index is 0.744. The molecule has 2 aromatic rings. The molecule has 0 N–H and O–H groups in total. The predicted octanol–water partition coefficient (Wildman–Crippen LogP) is 2.22. The van der Waals surface area contributed by atoms with Gasteiger partial charge in [0.1, 0.15) is 5.82 Å². The van der Waals surface area contributed by atoms with E-state index in [0.29, 0.717) is 0 Å². The maximum absolute atomic E-state index is 5.45. The van der Waals surface area contributed by atoms with E-state index < -0.39 is 0 Å². The van der Waals surface area contributed by atoms with Gasteiger partial charge in [-0.05, 0) is 32.8 Å². The van der Waals surface area contributed by atoms with Crippen molar-refractivity contribution < 1.29 is 4.74 Å². The van der Waals surface area contributed by atoms with Crippen LogP contribution in [0.2, 0.25) is 0 Å². The molecule has 1 aliphatic rings. The van der Waals surface area contributed by atoms with E-state index in [1.54, 1.807) is 0 Å². The SMILES string of the molecule is CCc1cc(N(C)CCCn2nc(C)cc2C)nc(N2CCOCC2)n1. The molecule has 0 spiro atoms. The Hall–Kier alpha value is -2.15. The lowest BCUT2D eigenvalue weighted by atomic mass is 10.3. The Labute approximate surface area is 156 Å². The summed E-state index contributed by atoms with van der Waals surface area (Å²) in [5.41, 5.74) is 3.38. The molecule has 1 saturated heterocycles. The Morgan fingerprint density at radius 2 is 1.92 bits per heavy atom. The van der Waals surface area contributed by atoms with Crippen molar-refractivity contribution >= 4 is 11.8 Å². The second-order valence-corrected chi connectivity index (χ2v) is 6.90. The molecule has 0 bridgehead atoms. The van der Waals surface area contributed by atoms with Gasteiger partial charge in [0, 0.05) is 50.7 Å². The van der Waals surface area contributed by atoms with E-state index in [-0.39, 0.29) is 0 Å². The van der Waals surface area contributed by atoms with Crippen LogP contribution in [0.5, 0.6) is 0 Å². The van der Waals surface area contributed by atoms with Crippen molar-refractivity contribution in [3.8, 4) is 0 Å². The minimum absolute atomic E-state index is 0.744. The molecule has 0 atom stereocenters. The molecule has 0 saturated carbocycles. The molecule has 0 aliphatic carbocycles. The number of ether oxygens (including phenoxy) is 1. The lowest BCUT2D eigenvalue weighted by Crippen LogP contribution is -2.37. The van der Waals surface area contributed by atoms with Crippen molar-refractivity contribution in [2.45, 2.75) is 40.2 Å². The first-order valence-corrected chi connectivity index (χ1v) is 9.49. The highest BCUT2D eigenvalue weighted by Gasteiger charge is 2.16. The summed E-state index contributed by atoms with van der Waals surface area (Å²) in [6, 6.07) is 4.23. The third-order valence-corrected chi connectivity index (χ3v) is 4.77. The average Bonchev–Trinajstić information content (AvgIpc) is 2.99. The number of rotatable bonds is 7. The van der Waals surface area contributed by atoms with Crippen molar-refractivity contribution in [2.24, 2.45) is 0 Å². The molecule has 0 radical (unpaired) electrons. The zero-order valence-electron chi connectivity index (χ0n) is 16.4. The van der Waals surface area contributed by atoms with Crippen LogP contribution in [0.25, 0.3) is 0 Å². The first-order chi connectivity index (χ1) is 12.6. The quantitative estimate of drug-likeness (QED) is 0.756. The number of nitrogens with zero attached hydrogens (tertiary/aromatic N) is 6. The largest absolute Gasteiger partial charge is 0.378 e. The van der Waals surface area contributed by atoms with Crippen molar-refractivity contribution in [2.75, 3.05) is 49.7 Å². The molecule has 7 nitrogen and oxygen atoms in total. The lowest BCUT2D eigenvalue weighted by Gasteiger charge is -2.28. The summed E-state index contributed by atoms with van der Waals surface area (Å²) in [4.78, 5) is 14.0. The van der Waals surface area contributed by atoms with Crippen LogP contribution in [-0.2, 0) is 17.7 Å². The summed E-state index contributed by atoms with van der Waals surface area (Å²) in [5, 5.41) is 4.54. The predicted molar refractivity (Wildman–Crippen MR) is 104 cm³/mol. The van der Waals surface area contributed by atoms with E-state index in [4.69, 9.17) is 14.7 Å². The van der Waals surface area contributed by atoms with Crippen LogP contribution >= 0.6 is 0 Å². The number of hydrogen-bond acceptors (Lipinski definition) is 6. The first-order valence-electron chi connectivity index (χ1n) is 9.49. The van der Waals surface area contributed by atoms with Crippen LogP contribution in [0.15, 0.2) is 12.1 Å². The molecule has 0 unspecified atom stereocenters. The molecule has 2 aromatic heterocycles. The zero-order chi connectivity index (χ0) is 18.5. The van der Waals surface area contributed by atoms with E-state index in [1.807, 2.05) is 6.92 Å². The summed E-state index contributed by atoms with van der Waals surface area (Å²) >= 11 is 0. The summed E-state index contributed by atoms with van der Waals surface area (Å²) in [6.07, 6.45) is 1.93. The number of morpholine rings is 1. The van der Waals surface area contributed by atoms with Crippen LogP contribution in [-0.4, -0.2) is 59.6 Å². The van der Waals surface area contributed by atoms with E-state index in [9.17, 15) is 0 Å². The van der Waals surface area contributed by atoms with Gasteiger partial charge in [0.25, 0.3) is 0 Å². The standard InChI is InChI=1S/C19H30N6O/c1-5-17-14-18(21-19(20-17)24-9-11-26-12-10-24)23(4)7-6-8-25-16(3)13-15(2)22-25/h13-14H,5-12H2,1-4H3. The molecule has 142 valence electrons. The Bertz CT molecular complexity index is 723. The third-order valence-electron chi connectivity index (χ3n) is 4.77. The second-order valence-electron chi connectivity index (χ2n) is 6.90. The molecule has 7 heteroatoms. The Kier molecular flexibility index (Phi) is 6.08. The van der Waals surface area contributed by atoms with Gasteiger partial charge in [0.2, 0.25) is 5.95 Å². The highest BCUT2D eigenvalue weighted by Crippen LogP contribution is 2.18. The summed E-state index contributed by atoms with van der Waals surface area (Å²) in [7, 11) is 2.10. The van der Waals surface area contributed by atoms with Gasteiger partial charge in [-0.15, -0.1) is 0 Å². The maximum Gasteiger partial charge on any atom is 0.227 e. The molecule has 3 rings (SSSR count). The van der Waals surface area contributed by atoms with Crippen LogP contribution < -0.4 is 9.80 Å². The smallest absolute Gasteiger partial charge is 0.227 e. The van der Waals surface area contributed by atoms with Crippen LogP contribution in [0.1, 0.15) is 30.4 Å². The zero-order valence-corrected chi connectivity index (χ0v) is 16.4. The monoisotopic (exact) mass is 358 g/mol. The first kappa shape index (κ1) is 18.6. The van der Waals surface area contributed by atoms with E-state index in [0.717, 1.165) is 75.4 Å². The summed E-state index contributed by atoms with van der Waals surface area (Å²) < 4.78 is 7.53. The molecular weight excluding hydrogens is 328 g/mol. The van der Waals surface area contributed by atoms with E-state index in [2.05, 4.69) is 52.6 Å². The van der Waals surface area contributed by atoms with Gasteiger partial charge in [-0.25, -0.2) is 4.98 Å². The van der Waals surface area contributed by atoms with Crippen molar-refractivity contribution in [3.63, 3.8) is 0 Å². The van der Waals surface area contributed by atoms with Gasteiger partial charge in [-0.2, -0.15) is 10.1 Å². The van der Waals surface area contributed by atoms with Gasteiger partial charge in [0.15, 0.2) is 0 Å². The third kappa shape index (κ3) is 4.52. The van der Waals surface area contributed by atoms with Crippen LogP contribution in [0.3, 0.4) is 0 Å². The topological polar surface area (TPSA) is 59.3 Å². The summed E-state index contributed by atoms with van der Waals surface area (Å²) in [5.74, 6) is 1.82.